The number of hydrogen-bond acceptors (Lipinski definition) is 2. The van der Waals surface area contributed by atoms with Gasteiger partial charge in [-0.15, -0.1) is 0 Å². The Morgan fingerprint density at radius 3 is 0.922 bits per heavy atom. The smallest absolute Gasteiger partial charge is 0.0542 e. The second-order valence-corrected chi connectivity index (χ2v) is 23.3. The van der Waals surface area contributed by atoms with Gasteiger partial charge in [-0.05, 0) is 198 Å². The first-order valence-electron chi connectivity index (χ1n) is 30.9. The average molecular weight is 1150 g/mol. The minimum atomic E-state index is 1.07. The molecule has 0 aliphatic rings. The lowest BCUT2D eigenvalue weighted by atomic mass is 9.97. The normalized spacial score (nSPS) is 11.6. The Labute approximate surface area is 522 Å². The Balaban J connectivity index is 0.839. The molecule has 422 valence electrons. The molecule has 4 nitrogen and oxygen atoms in total. The fourth-order valence-corrected chi connectivity index (χ4v) is 13.7. The molecule has 90 heavy (non-hydrogen) atoms. The van der Waals surface area contributed by atoms with Gasteiger partial charge < -0.3 is 18.9 Å². The summed E-state index contributed by atoms with van der Waals surface area (Å²) in [4.78, 5) is 4.71. The summed E-state index contributed by atoms with van der Waals surface area (Å²) in [6.07, 6.45) is 0. The van der Waals surface area contributed by atoms with Crippen LogP contribution in [0.1, 0.15) is 0 Å². The first-order valence-corrected chi connectivity index (χ1v) is 30.9. The molecule has 15 aromatic carbocycles. The molecule has 0 saturated carbocycles. The summed E-state index contributed by atoms with van der Waals surface area (Å²) in [5.74, 6) is 0. The molecule has 0 bridgehead atoms. The van der Waals surface area contributed by atoms with Gasteiger partial charge >= 0.3 is 0 Å². The number of aromatic nitrogens is 2. The van der Waals surface area contributed by atoms with Crippen LogP contribution in [0.2, 0.25) is 0 Å². The van der Waals surface area contributed by atoms with Gasteiger partial charge in [0, 0.05) is 56.3 Å². The maximum Gasteiger partial charge on any atom is 0.0542 e. The molecule has 0 radical (unpaired) electrons. The van der Waals surface area contributed by atoms with Crippen molar-refractivity contribution in [1.82, 2.24) is 9.13 Å². The van der Waals surface area contributed by atoms with Crippen molar-refractivity contribution in [2.24, 2.45) is 0 Å². The molecule has 2 heterocycles. The lowest BCUT2D eigenvalue weighted by Crippen LogP contribution is -2.10. The molecule has 0 amide bonds. The van der Waals surface area contributed by atoms with Crippen molar-refractivity contribution in [1.29, 1.82) is 0 Å². The zero-order chi connectivity index (χ0) is 59.5. The van der Waals surface area contributed by atoms with E-state index in [1.54, 1.807) is 0 Å². The van der Waals surface area contributed by atoms with E-state index in [4.69, 9.17) is 0 Å². The molecule has 0 unspecified atom stereocenters. The molecule has 0 fully saturated rings. The van der Waals surface area contributed by atoms with Gasteiger partial charge in [0.15, 0.2) is 0 Å². The van der Waals surface area contributed by atoms with Gasteiger partial charge in [-0.1, -0.05) is 231 Å². The summed E-state index contributed by atoms with van der Waals surface area (Å²) in [7, 11) is 0. The second kappa shape index (κ2) is 22.1. The van der Waals surface area contributed by atoms with Crippen molar-refractivity contribution in [2.45, 2.75) is 0 Å². The van der Waals surface area contributed by atoms with E-state index in [1.165, 1.54) is 65.3 Å². The molecule has 0 spiro atoms. The fourth-order valence-electron chi connectivity index (χ4n) is 13.7. The summed E-state index contributed by atoms with van der Waals surface area (Å²) in [5, 5.41) is 12.1. The number of nitrogens with zero attached hydrogens (tertiary/aromatic N) is 4. The minimum absolute atomic E-state index is 1.07. The molecule has 0 aliphatic carbocycles. The molecule has 4 heteroatoms. The first kappa shape index (κ1) is 52.4. The van der Waals surface area contributed by atoms with Crippen molar-refractivity contribution >= 4 is 99.0 Å². The van der Waals surface area contributed by atoms with E-state index in [9.17, 15) is 0 Å². The zero-order valence-corrected chi connectivity index (χ0v) is 49.3. The third kappa shape index (κ3) is 9.34. The first-order chi connectivity index (χ1) is 44.6. The third-order valence-corrected chi connectivity index (χ3v) is 18.0. The average Bonchev–Trinajstić information content (AvgIpc) is 1.62. The molecule has 0 saturated heterocycles. The number of anilines is 6. The van der Waals surface area contributed by atoms with Crippen LogP contribution in [0.3, 0.4) is 0 Å². The molecule has 17 aromatic rings. The van der Waals surface area contributed by atoms with Gasteiger partial charge in [-0.2, -0.15) is 0 Å². The van der Waals surface area contributed by atoms with Crippen molar-refractivity contribution in [3.8, 4) is 56.1 Å². The van der Waals surface area contributed by atoms with Gasteiger partial charge in [0.05, 0.1) is 22.4 Å². The quantitative estimate of drug-likeness (QED) is 0.121. The highest BCUT2D eigenvalue weighted by Gasteiger charge is 2.22. The van der Waals surface area contributed by atoms with E-state index >= 15 is 0 Å². The minimum Gasteiger partial charge on any atom is -0.310 e. The van der Waals surface area contributed by atoms with Gasteiger partial charge in [0.25, 0.3) is 0 Å². The van der Waals surface area contributed by atoms with Crippen LogP contribution < -0.4 is 9.80 Å². The molecule has 0 aliphatic heterocycles. The maximum atomic E-state index is 2.46. The lowest BCUT2D eigenvalue weighted by Gasteiger charge is -2.26. The summed E-state index contributed by atoms with van der Waals surface area (Å²) < 4.78 is 4.92. The van der Waals surface area contributed by atoms with Crippen LogP contribution in [0.25, 0.3) is 121 Å². The molecule has 17 rings (SSSR count). The number of rotatable bonds is 12. The summed E-state index contributed by atoms with van der Waals surface area (Å²) >= 11 is 0. The SMILES string of the molecule is c1ccc(N(c2ccc(-n3c(-c4ccc(-c5cccc6ccccc56)cc4)cc4cc5c(cc(-c6ccc(-c7cccc8ccccc78)cc6)n5-c5ccc(N(c6ccccc6)c6ccc7ccccc7c6)cc5)cc43)cc2)c2ccc3ccccc3c2)cc1. The summed E-state index contributed by atoms with van der Waals surface area (Å²) in [6, 6.07) is 129. The fraction of sp³-hybridized carbons (Fsp3) is 0. The topological polar surface area (TPSA) is 16.3 Å². The number of benzene rings is 15. The van der Waals surface area contributed by atoms with Gasteiger partial charge in [0.1, 0.15) is 0 Å². The molecule has 0 N–H and O–H groups in total. The van der Waals surface area contributed by atoms with Crippen LogP contribution in [0.5, 0.6) is 0 Å². The van der Waals surface area contributed by atoms with E-state index in [0.29, 0.717) is 0 Å². The monoisotopic (exact) mass is 1150 g/mol. The second-order valence-electron chi connectivity index (χ2n) is 23.3. The van der Waals surface area contributed by atoms with Gasteiger partial charge in [-0.25, -0.2) is 0 Å². The highest BCUT2D eigenvalue weighted by molar-refractivity contribution is 6.04. The maximum absolute atomic E-state index is 2.46. The Morgan fingerprint density at radius 1 is 0.189 bits per heavy atom. The predicted molar refractivity (Wildman–Crippen MR) is 381 cm³/mol. The zero-order valence-electron chi connectivity index (χ0n) is 49.3. The standard InChI is InChI=1S/C86H58N4/c1-3-25-71(26-4-1)87(77-43-41-59-17-7-9-21-67(59)53-77)73-45-49-75(50-46-73)89-83(65-37-33-63(34-38-65)81-31-15-23-61-19-11-13-29-79(61)81)55-69-58-86-70(57-85(69)89)56-84(66-39-35-64(36-40-66)82-32-16-24-62-20-12-14-30-80(62)82)90(86)76-51-47-74(48-52-76)88(72-27-5-2-6-28-72)78-44-42-60-18-8-10-22-68(60)54-78/h1-58H. The molecular weight excluding hydrogens is 1090 g/mol. The van der Waals surface area contributed by atoms with Crippen LogP contribution in [0.15, 0.2) is 352 Å². The van der Waals surface area contributed by atoms with Crippen molar-refractivity contribution < 1.29 is 0 Å². The van der Waals surface area contributed by atoms with Crippen molar-refractivity contribution in [3.63, 3.8) is 0 Å². The van der Waals surface area contributed by atoms with Crippen LogP contribution in [-0.2, 0) is 0 Å². The van der Waals surface area contributed by atoms with Crippen LogP contribution >= 0.6 is 0 Å². The van der Waals surface area contributed by atoms with Crippen LogP contribution in [0, 0.1) is 0 Å². The van der Waals surface area contributed by atoms with Crippen LogP contribution in [-0.4, -0.2) is 9.13 Å². The van der Waals surface area contributed by atoms with Gasteiger partial charge in [-0.3, -0.25) is 0 Å². The van der Waals surface area contributed by atoms with E-state index in [0.717, 1.165) is 89.8 Å². The van der Waals surface area contributed by atoms with Gasteiger partial charge in [0.2, 0.25) is 0 Å². The van der Waals surface area contributed by atoms with Crippen LogP contribution in [0.4, 0.5) is 34.1 Å². The van der Waals surface area contributed by atoms with E-state index in [2.05, 4.69) is 371 Å². The van der Waals surface area contributed by atoms with Crippen molar-refractivity contribution in [3.05, 3.63) is 352 Å². The van der Waals surface area contributed by atoms with E-state index in [-0.39, 0.29) is 0 Å². The Kier molecular flexibility index (Phi) is 12.8. The van der Waals surface area contributed by atoms with E-state index < -0.39 is 0 Å². The largest absolute Gasteiger partial charge is 0.310 e. The number of hydrogen-bond donors (Lipinski definition) is 0. The highest BCUT2D eigenvalue weighted by atomic mass is 15.1. The number of para-hydroxylation sites is 2. The summed E-state index contributed by atoms with van der Waals surface area (Å²) in [5.41, 5.74) is 20.2. The third-order valence-electron chi connectivity index (χ3n) is 18.0. The van der Waals surface area contributed by atoms with Crippen molar-refractivity contribution in [2.75, 3.05) is 9.80 Å². The summed E-state index contributed by atoms with van der Waals surface area (Å²) in [6.45, 7) is 0. The molecule has 2 aromatic heterocycles. The lowest BCUT2D eigenvalue weighted by molar-refractivity contribution is 1.13. The molecular formula is C86H58N4. The Bertz CT molecular complexity index is 5150. The molecule has 0 atom stereocenters. The Hall–Kier alpha value is -12.0. The predicted octanol–water partition coefficient (Wildman–Crippen LogP) is 23.8. The number of fused-ring (bicyclic) bond motifs is 6. The Morgan fingerprint density at radius 2 is 0.511 bits per heavy atom. The highest BCUT2D eigenvalue weighted by Crippen LogP contribution is 2.44. The van der Waals surface area contributed by atoms with E-state index in [1.807, 2.05) is 0 Å².